The van der Waals surface area contributed by atoms with Crippen LogP contribution in [-0.4, -0.2) is 28.3 Å². The number of benzene rings is 4. The molecule has 3 heterocycles. The molecule has 7 aromatic rings. The molecular weight excluding hydrogens is 446 g/mol. The lowest BCUT2D eigenvalue weighted by atomic mass is 10.2. The van der Waals surface area contributed by atoms with Gasteiger partial charge in [-0.05, 0) is 66.7 Å². The average Bonchev–Trinajstić information content (AvgIpc) is 3.44. The predicted octanol–water partition coefficient (Wildman–Crippen LogP) is 7.29. The molecule has 0 aliphatic rings. The molecule has 0 saturated carbocycles. The number of rotatable bonds is 4. The summed E-state index contributed by atoms with van der Waals surface area (Å²) in [6.45, 7) is 0. The van der Waals surface area contributed by atoms with Gasteiger partial charge in [0.05, 0.1) is 47.3 Å². The highest BCUT2D eigenvalue weighted by atomic mass is 16.5. The van der Waals surface area contributed by atoms with Crippen LogP contribution >= 0.6 is 0 Å². The largest absolute Gasteiger partial charge is 0.497 e. The Kier molecular flexibility index (Phi) is 4.51. The standard InChI is InChI=1S/C31H23N3O2/c1-35-22-15-11-20(12-16-22)33-26-9-5-3-7-24(26)30-28(33)19-29-31(32-30)25-8-4-6-10-27(25)34(29)21-13-17-23(36-2)18-14-21/h3-19H,1-2H3. The molecule has 5 nitrogen and oxygen atoms in total. The topological polar surface area (TPSA) is 41.2 Å². The zero-order valence-electron chi connectivity index (χ0n) is 20.0. The van der Waals surface area contributed by atoms with Crippen LogP contribution in [0, 0.1) is 0 Å². The van der Waals surface area contributed by atoms with E-state index in [0.29, 0.717) is 0 Å². The number of aromatic nitrogens is 3. The van der Waals surface area contributed by atoms with Gasteiger partial charge in [0, 0.05) is 22.1 Å². The first kappa shape index (κ1) is 20.6. The molecule has 0 amide bonds. The zero-order chi connectivity index (χ0) is 24.2. The van der Waals surface area contributed by atoms with Crippen molar-refractivity contribution in [2.24, 2.45) is 0 Å². The molecule has 0 N–H and O–H groups in total. The maximum absolute atomic E-state index is 5.40. The Labute approximate surface area is 207 Å². The number of nitrogens with zero attached hydrogens (tertiary/aromatic N) is 3. The highest BCUT2D eigenvalue weighted by Gasteiger charge is 2.19. The van der Waals surface area contributed by atoms with Crippen molar-refractivity contribution in [2.45, 2.75) is 0 Å². The highest BCUT2D eigenvalue weighted by molar-refractivity contribution is 6.15. The minimum Gasteiger partial charge on any atom is -0.497 e. The molecule has 3 aromatic heterocycles. The van der Waals surface area contributed by atoms with Crippen molar-refractivity contribution in [1.29, 1.82) is 0 Å². The third-order valence-corrected chi connectivity index (χ3v) is 6.93. The minimum atomic E-state index is 0.833. The van der Waals surface area contributed by atoms with E-state index in [4.69, 9.17) is 14.5 Å². The second-order valence-corrected chi connectivity index (χ2v) is 8.83. The highest BCUT2D eigenvalue weighted by Crippen LogP contribution is 2.37. The van der Waals surface area contributed by atoms with Gasteiger partial charge in [-0.15, -0.1) is 0 Å². The van der Waals surface area contributed by atoms with Crippen LogP contribution in [0.15, 0.2) is 103 Å². The van der Waals surface area contributed by atoms with Crippen molar-refractivity contribution >= 4 is 43.9 Å². The molecule has 36 heavy (non-hydrogen) atoms. The molecule has 0 unspecified atom stereocenters. The molecule has 0 radical (unpaired) electrons. The van der Waals surface area contributed by atoms with Crippen LogP contribution in [0.2, 0.25) is 0 Å². The molecule has 0 saturated heterocycles. The lowest BCUT2D eigenvalue weighted by Crippen LogP contribution is -1.96. The Balaban J connectivity index is 1.61. The number of methoxy groups -OCH3 is 2. The average molecular weight is 470 g/mol. The fourth-order valence-corrected chi connectivity index (χ4v) is 5.25. The molecule has 0 aliphatic heterocycles. The molecule has 0 fully saturated rings. The zero-order valence-corrected chi connectivity index (χ0v) is 20.0. The summed E-state index contributed by atoms with van der Waals surface area (Å²) < 4.78 is 15.4. The van der Waals surface area contributed by atoms with Crippen molar-refractivity contribution in [3.63, 3.8) is 0 Å². The molecule has 7 rings (SSSR count). The van der Waals surface area contributed by atoms with Crippen LogP contribution in [0.25, 0.3) is 55.2 Å². The molecule has 4 aromatic carbocycles. The van der Waals surface area contributed by atoms with Gasteiger partial charge in [0.15, 0.2) is 0 Å². The van der Waals surface area contributed by atoms with Gasteiger partial charge in [0.2, 0.25) is 0 Å². The maximum atomic E-state index is 5.40. The monoisotopic (exact) mass is 469 g/mol. The summed E-state index contributed by atoms with van der Waals surface area (Å²) in [7, 11) is 3.38. The normalized spacial score (nSPS) is 11.6. The maximum Gasteiger partial charge on any atom is 0.119 e. The Morgan fingerprint density at radius 2 is 0.917 bits per heavy atom. The van der Waals surface area contributed by atoms with E-state index in [2.05, 4.69) is 88.0 Å². The summed E-state index contributed by atoms with van der Waals surface area (Å²) in [6, 6.07) is 35.5. The quantitative estimate of drug-likeness (QED) is 0.272. The number of hydrogen-bond donors (Lipinski definition) is 0. The second-order valence-electron chi connectivity index (χ2n) is 8.83. The van der Waals surface area contributed by atoms with Gasteiger partial charge in [-0.2, -0.15) is 0 Å². The molecule has 0 atom stereocenters. The van der Waals surface area contributed by atoms with Crippen molar-refractivity contribution < 1.29 is 9.47 Å². The van der Waals surface area contributed by atoms with E-state index in [1.54, 1.807) is 14.2 Å². The fourth-order valence-electron chi connectivity index (χ4n) is 5.25. The molecule has 0 aliphatic carbocycles. The van der Waals surface area contributed by atoms with E-state index in [-0.39, 0.29) is 0 Å². The van der Waals surface area contributed by atoms with Crippen LogP contribution in [0.4, 0.5) is 0 Å². The smallest absolute Gasteiger partial charge is 0.119 e. The van der Waals surface area contributed by atoms with Crippen LogP contribution in [0.1, 0.15) is 0 Å². The van der Waals surface area contributed by atoms with Gasteiger partial charge in [-0.3, -0.25) is 0 Å². The van der Waals surface area contributed by atoms with E-state index in [1.165, 1.54) is 0 Å². The van der Waals surface area contributed by atoms with Gasteiger partial charge in [-0.25, -0.2) is 4.98 Å². The predicted molar refractivity (Wildman–Crippen MR) is 146 cm³/mol. The first-order valence-corrected chi connectivity index (χ1v) is 11.9. The molecule has 5 heteroatoms. The third kappa shape index (κ3) is 2.93. The van der Waals surface area contributed by atoms with Gasteiger partial charge >= 0.3 is 0 Å². The second kappa shape index (κ2) is 7.89. The number of ether oxygens (including phenoxy) is 2. The SMILES string of the molecule is COc1ccc(-n2c3ccccc3c3nc4c5ccccc5n(-c5ccc(OC)cc5)c4cc32)cc1. The van der Waals surface area contributed by atoms with E-state index in [9.17, 15) is 0 Å². The van der Waals surface area contributed by atoms with Gasteiger partial charge in [0.25, 0.3) is 0 Å². The van der Waals surface area contributed by atoms with Gasteiger partial charge in [-0.1, -0.05) is 36.4 Å². The summed E-state index contributed by atoms with van der Waals surface area (Å²) >= 11 is 0. The van der Waals surface area contributed by atoms with Crippen molar-refractivity contribution in [3.8, 4) is 22.9 Å². The van der Waals surface area contributed by atoms with Crippen molar-refractivity contribution in [2.75, 3.05) is 14.2 Å². The Morgan fingerprint density at radius 1 is 0.500 bits per heavy atom. The molecular formula is C31H23N3O2. The van der Waals surface area contributed by atoms with E-state index < -0.39 is 0 Å². The van der Waals surface area contributed by atoms with E-state index >= 15 is 0 Å². The Morgan fingerprint density at radius 3 is 1.33 bits per heavy atom. The summed E-state index contributed by atoms with van der Waals surface area (Å²) in [5, 5.41) is 2.26. The van der Waals surface area contributed by atoms with Crippen molar-refractivity contribution in [3.05, 3.63) is 103 Å². The first-order valence-electron chi connectivity index (χ1n) is 11.9. The number of hydrogen-bond acceptors (Lipinski definition) is 3. The Bertz CT molecular complexity index is 1760. The Hall–Kier alpha value is -4.77. The van der Waals surface area contributed by atoms with Gasteiger partial charge < -0.3 is 18.6 Å². The number of pyridine rings is 1. The van der Waals surface area contributed by atoms with E-state index in [0.717, 1.165) is 66.7 Å². The molecule has 174 valence electrons. The third-order valence-electron chi connectivity index (χ3n) is 6.93. The summed E-state index contributed by atoms with van der Waals surface area (Å²) in [4.78, 5) is 5.30. The lowest BCUT2D eigenvalue weighted by Gasteiger charge is -2.10. The van der Waals surface area contributed by atoms with Crippen LogP contribution < -0.4 is 9.47 Å². The van der Waals surface area contributed by atoms with Gasteiger partial charge in [0.1, 0.15) is 11.5 Å². The fraction of sp³-hybridized carbons (Fsp3) is 0.0645. The summed E-state index contributed by atoms with van der Waals surface area (Å²) in [5.74, 6) is 1.67. The summed E-state index contributed by atoms with van der Waals surface area (Å²) in [5.41, 5.74) is 8.48. The van der Waals surface area contributed by atoms with E-state index in [1.807, 2.05) is 24.3 Å². The van der Waals surface area contributed by atoms with Crippen LogP contribution in [0.5, 0.6) is 11.5 Å². The van der Waals surface area contributed by atoms with Crippen LogP contribution in [-0.2, 0) is 0 Å². The summed E-state index contributed by atoms with van der Waals surface area (Å²) in [6.07, 6.45) is 0. The number of fused-ring (bicyclic) bond motifs is 6. The lowest BCUT2D eigenvalue weighted by molar-refractivity contribution is 0.414. The first-order chi connectivity index (χ1) is 17.8. The molecule has 0 bridgehead atoms. The van der Waals surface area contributed by atoms with Crippen LogP contribution in [0.3, 0.4) is 0 Å². The number of para-hydroxylation sites is 2. The minimum absolute atomic E-state index is 0.833. The molecule has 0 spiro atoms. The van der Waals surface area contributed by atoms with Crippen molar-refractivity contribution in [1.82, 2.24) is 14.1 Å².